The third-order valence-electron chi connectivity index (χ3n) is 0. The van der Waals surface area contributed by atoms with Gasteiger partial charge in [-0.1, -0.05) is 0 Å². The zero-order valence-corrected chi connectivity index (χ0v) is 3.13. The Balaban J connectivity index is 0. The SMILES string of the molecule is O=C([O-])[O-].[C+2]=C=O. The van der Waals surface area contributed by atoms with Crippen LogP contribution in [0.2, 0.25) is 0 Å². The number of hydrogen-bond acceptors (Lipinski definition) is 4. The van der Waals surface area contributed by atoms with Gasteiger partial charge in [-0.3, -0.25) is 0 Å². The van der Waals surface area contributed by atoms with Gasteiger partial charge in [-0.15, -0.1) is 0 Å². The summed E-state index contributed by atoms with van der Waals surface area (Å²) in [5, 5.41) is 16.7. The van der Waals surface area contributed by atoms with Gasteiger partial charge >= 0.3 is 17.3 Å². The van der Waals surface area contributed by atoms with Gasteiger partial charge in [-0.05, 0) is 6.16 Å². The molecule has 7 heavy (non-hydrogen) atoms. The summed E-state index contributed by atoms with van der Waals surface area (Å²) in [4.78, 5) is 16.7. The summed E-state index contributed by atoms with van der Waals surface area (Å²) in [5.74, 6) is 0.750. The zero-order valence-electron chi connectivity index (χ0n) is 3.13. The van der Waals surface area contributed by atoms with Gasteiger partial charge in [0.15, 0.2) is 0 Å². The molecule has 36 valence electrons. The molecule has 0 aliphatic rings. The monoisotopic (exact) mass is 100.0 g/mol. The van der Waals surface area contributed by atoms with Crippen molar-refractivity contribution in [1.82, 2.24) is 0 Å². The van der Waals surface area contributed by atoms with E-state index in [-0.39, 0.29) is 0 Å². The van der Waals surface area contributed by atoms with E-state index in [1.165, 1.54) is 0 Å². The normalized spacial score (nSPS) is 4.86. The van der Waals surface area contributed by atoms with E-state index in [0.717, 1.165) is 5.94 Å². The summed E-state index contributed by atoms with van der Waals surface area (Å²) < 4.78 is 0. The molecule has 0 saturated carbocycles. The molecule has 0 bridgehead atoms. The van der Waals surface area contributed by atoms with Crippen molar-refractivity contribution in [2.24, 2.45) is 0 Å². The number of carboxylic acid groups (broad SMARTS) is 2. The first-order chi connectivity index (χ1) is 3.15. The van der Waals surface area contributed by atoms with Gasteiger partial charge in [0.1, 0.15) is 0 Å². The molecule has 4 heteroatoms. The molecule has 0 fully saturated rings. The van der Waals surface area contributed by atoms with Gasteiger partial charge in [-0.25, -0.2) is 0 Å². The van der Waals surface area contributed by atoms with E-state index in [1.807, 2.05) is 0 Å². The third-order valence-corrected chi connectivity index (χ3v) is 0. The fraction of sp³-hybridized carbons (Fsp3) is 0. The van der Waals surface area contributed by atoms with Crippen molar-refractivity contribution < 1.29 is 19.8 Å². The Labute approximate surface area is 39.7 Å². The number of carbonyl (C=O) groups is 1. The zero-order chi connectivity index (χ0) is 6.28. The molecule has 0 radical (unpaired) electrons. The minimum absolute atomic E-state index is 0.750. The average Bonchev–Trinajstić information content (AvgIpc) is 1.33. The maximum atomic E-state index is 8.35. The van der Waals surface area contributed by atoms with E-state index < -0.39 is 6.16 Å². The molecule has 0 amide bonds. The first-order valence-corrected chi connectivity index (χ1v) is 1.07. The molecule has 4 nitrogen and oxygen atoms in total. The van der Waals surface area contributed by atoms with Gasteiger partial charge in [-0.2, -0.15) is 0 Å². The van der Waals surface area contributed by atoms with Crippen LogP contribution in [0.25, 0.3) is 0 Å². The van der Waals surface area contributed by atoms with Crippen LogP contribution >= 0.6 is 0 Å². The van der Waals surface area contributed by atoms with E-state index in [1.54, 1.807) is 0 Å². The average molecular weight is 100 g/mol. The summed E-state index contributed by atoms with van der Waals surface area (Å²) in [5.41, 5.74) is 0. The Morgan fingerprint density at radius 1 is 1.57 bits per heavy atom. The van der Waals surface area contributed by atoms with Crippen molar-refractivity contribution in [3.05, 3.63) is 6.58 Å². The van der Waals surface area contributed by atoms with Crippen LogP contribution in [0.3, 0.4) is 0 Å². The van der Waals surface area contributed by atoms with Gasteiger partial charge in [0.25, 0.3) is 0 Å². The molecule has 0 aliphatic carbocycles. The first kappa shape index (κ1) is 9.28. The Kier molecular flexibility index (Phi) is 11.7. The molecular formula is C3O4. The molecule has 0 aliphatic heterocycles. The van der Waals surface area contributed by atoms with E-state index in [2.05, 4.69) is 0 Å². The van der Waals surface area contributed by atoms with Crippen molar-refractivity contribution >= 4 is 12.1 Å². The van der Waals surface area contributed by atoms with Crippen LogP contribution in [0.5, 0.6) is 0 Å². The Morgan fingerprint density at radius 3 is 1.57 bits per heavy atom. The van der Waals surface area contributed by atoms with Crippen LogP contribution in [0.1, 0.15) is 0 Å². The fourth-order valence-corrected chi connectivity index (χ4v) is 0. The second kappa shape index (κ2) is 8.85. The van der Waals surface area contributed by atoms with Gasteiger partial charge < -0.3 is 15.0 Å². The molecule has 0 spiro atoms. The molecule has 0 heterocycles. The topological polar surface area (TPSA) is 80.3 Å². The fourth-order valence-electron chi connectivity index (χ4n) is 0. The predicted octanol–water partition coefficient (Wildman–Crippen LogP) is -2.76. The summed E-state index contributed by atoms with van der Waals surface area (Å²) in [6.07, 6.45) is -2.33. The van der Waals surface area contributed by atoms with E-state index in [4.69, 9.17) is 26.4 Å². The van der Waals surface area contributed by atoms with Crippen molar-refractivity contribution in [3.8, 4) is 0 Å². The number of carbonyl (C=O) groups excluding carboxylic acids is 2. The third kappa shape index (κ3) is 29.8. The quantitative estimate of drug-likeness (QED) is 0.309. The van der Waals surface area contributed by atoms with Gasteiger partial charge in [0.2, 0.25) is 0 Å². The summed E-state index contributed by atoms with van der Waals surface area (Å²) >= 11 is 0. The maximum absolute atomic E-state index is 8.35. The Hall–Kier alpha value is -1.15. The molecule has 0 aromatic rings. The number of hydrogen-bond donors (Lipinski definition) is 0. The Bertz CT molecular complexity index is 74.9. The predicted molar refractivity (Wildman–Crippen MR) is 14.3 cm³/mol. The minimum atomic E-state index is -2.33. The van der Waals surface area contributed by atoms with E-state index in [9.17, 15) is 0 Å². The van der Waals surface area contributed by atoms with Crippen molar-refractivity contribution in [2.45, 2.75) is 0 Å². The summed E-state index contributed by atoms with van der Waals surface area (Å²) in [6.45, 7) is 5.40. The van der Waals surface area contributed by atoms with Crippen LogP contribution in [-0.4, -0.2) is 12.1 Å². The standard InChI is InChI=1S/C2O.CH2O3/c1-2-3;2-1(3)4/h;(H2,2,3,4)/q+2;/p-2. The van der Waals surface area contributed by atoms with Crippen LogP contribution < -0.4 is 10.2 Å². The number of rotatable bonds is 0. The van der Waals surface area contributed by atoms with Crippen LogP contribution in [0, 0.1) is 6.58 Å². The van der Waals surface area contributed by atoms with Crippen molar-refractivity contribution in [2.75, 3.05) is 0 Å². The molecule has 0 aromatic heterocycles. The molecule has 0 N–H and O–H groups in total. The Morgan fingerprint density at radius 2 is 1.57 bits per heavy atom. The molecule has 0 saturated heterocycles. The summed E-state index contributed by atoms with van der Waals surface area (Å²) in [7, 11) is 0. The van der Waals surface area contributed by atoms with Gasteiger partial charge in [0, 0.05) is 0 Å². The molecule has 0 rings (SSSR count). The summed E-state index contributed by atoms with van der Waals surface area (Å²) in [6, 6.07) is 0. The molecule has 0 unspecified atom stereocenters. The molecular weight excluding hydrogens is 100 g/mol. The second-order valence-electron chi connectivity index (χ2n) is 0.352. The molecule has 0 atom stereocenters. The van der Waals surface area contributed by atoms with Crippen LogP contribution in [-0.2, 0) is 4.79 Å². The first-order valence-electron chi connectivity index (χ1n) is 1.07. The van der Waals surface area contributed by atoms with Gasteiger partial charge in [0.05, 0.1) is 0 Å². The van der Waals surface area contributed by atoms with E-state index in [0.29, 0.717) is 0 Å². The van der Waals surface area contributed by atoms with E-state index >= 15 is 0 Å². The van der Waals surface area contributed by atoms with Crippen LogP contribution in [0.4, 0.5) is 4.79 Å². The van der Waals surface area contributed by atoms with Crippen LogP contribution in [0.15, 0.2) is 0 Å². The van der Waals surface area contributed by atoms with Crippen molar-refractivity contribution in [3.63, 3.8) is 0 Å². The second-order valence-corrected chi connectivity index (χ2v) is 0.352. The van der Waals surface area contributed by atoms with Crippen molar-refractivity contribution in [1.29, 1.82) is 0 Å². The molecule has 0 aromatic carbocycles.